The van der Waals surface area contributed by atoms with Crippen LogP contribution in [0.1, 0.15) is 15.9 Å². The number of benzene rings is 2. The summed E-state index contributed by atoms with van der Waals surface area (Å²) in [4.78, 5) is 39.0. The number of hydrogen-bond donors (Lipinski definition) is 1. The lowest BCUT2D eigenvalue weighted by molar-refractivity contribution is 0.0971. The summed E-state index contributed by atoms with van der Waals surface area (Å²) in [6, 6.07) is 9.95. The molecule has 2 aromatic carbocycles. The molecule has 5 nitrogen and oxygen atoms in total. The average molecular weight is 363 g/mol. The fraction of sp³-hybridized carbons (Fsp3) is 0.118. The molecule has 0 radical (unpaired) electrons. The number of H-pyrrole nitrogens is 1. The van der Waals surface area contributed by atoms with E-state index in [4.69, 9.17) is 23.2 Å². The van der Waals surface area contributed by atoms with Gasteiger partial charge >= 0.3 is 5.69 Å². The highest BCUT2D eigenvalue weighted by atomic mass is 35.5. The molecule has 0 amide bonds. The van der Waals surface area contributed by atoms with Crippen LogP contribution in [0.5, 0.6) is 0 Å². The minimum absolute atomic E-state index is 0.121. The number of Topliss-reactive ketones (excluding diaryl/α,β-unsaturated/α-hetero) is 1. The number of aryl methyl sites for hydroxylation is 1. The van der Waals surface area contributed by atoms with Gasteiger partial charge in [-0.15, -0.1) is 0 Å². The second kappa shape index (κ2) is 6.26. The number of carbonyl (C=O) groups is 1. The molecule has 1 N–H and O–H groups in total. The number of hydrogen-bond acceptors (Lipinski definition) is 3. The van der Waals surface area contributed by atoms with Crippen LogP contribution < -0.4 is 11.2 Å². The Kier molecular flexibility index (Phi) is 4.30. The number of aromatic amines is 1. The van der Waals surface area contributed by atoms with Gasteiger partial charge in [0.2, 0.25) is 0 Å². The molecule has 3 aromatic rings. The molecular formula is C17H12Cl2N2O3. The normalized spacial score (nSPS) is 11.0. The Hall–Kier alpha value is -2.37. The van der Waals surface area contributed by atoms with Crippen LogP contribution in [0.25, 0.3) is 10.9 Å². The third-order valence-corrected chi connectivity index (χ3v) is 4.28. The highest BCUT2D eigenvalue weighted by molar-refractivity contribution is 6.38. The van der Waals surface area contributed by atoms with Gasteiger partial charge in [0.05, 0.1) is 22.5 Å². The predicted molar refractivity (Wildman–Crippen MR) is 94.4 cm³/mol. The zero-order valence-corrected chi connectivity index (χ0v) is 14.1. The van der Waals surface area contributed by atoms with Crippen LogP contribution in [0, 0.1) is 6.92 Å². The lowest BCUT2D eigenvalue weighted by atomic mass is 10.0. The highest BCUT2D eigenvalue weighted by Gasteiger charge is 2.16. The van der Waals surface area contributed by atoms with E-state index in [9.17, 15) is 14.4 Å². The fourth-order valence-corrected chi connectivity index (χ4v) is 3.17. The molecule has 0 saturated heterocycles. The summed E-state index contributed by atoms with van der Waals surface area (Å²) >= 11 is 12.0. The molecule has 0 fully saturated rings. The van der Waals surface area contributed by atoms with E-state index in [-0.39, 0.29) is 33.3 Å². The minimum Gasteiger partial charge on any atom is -0.292 e. The molecule has 24 heavy (non-hydrogen) atoms. The lowest BCUT2D eigenvalue weighted by Gasteiger charge is -2.11. The lowest BCUT2D eigenvalue weighted by Crippen LogP contribution is -2.32. The van der Waals surface area contributed by atoms with Crippen LogP contribution in [-0.4, -0.2) is 15.3 Å². The first kappa shape index (κ1) is 16.5. The average Bonchev–Trinajstić information content (AvgIpc) is 2.50. The van der Waals surface area contributed by atoms with Gasteiger partial charge in [-0.25, -0.2) is 4.79 Å². The van der Waals surface area contributed by atoms with E-state index in [1.807, 2.05) is 19.1 Å². The Balaban J connectivity index is 2.20. The van der Waals surface area contributed by atoms with Gasteiger partial charge in [-0.1, -0.05) is 47.5 Å². The number of nitrogens with zero attached hydrogens (tertiary/aromatic N) is 1. The molecule has 0 aliphatic rings. The molecule has 3 rings (SSSR count). The Morgan fingerprint density at radius 1 is 1.17 bits per heavy atom. The van der Waals surface area contributed by atoms with Crippen molar-refractivity contribution in [3.8, 4) is 0 Å². The Bertz CT molecular complexity index is 1080. The van der Waals surface area contributed by atoms with Gasteiger partial charge in [-0.2, -0.15) is 0 Å². The first-order chi connectivity index (χ1) is 11.4. The summed E-state index contributed by atoms with van der Waals surface area (Å²) in [7, 11) is 0. The summed E-state index contributed by atoms with van der Waals surface area (Å²) in [5, 5.41) is 0.517. The van der Waals surface area contributed by atoms with E-state index in [1.165, 1.54) is 16.7 Å². The van der Waals surface area contributed by atoms with Gasteiger partial charge in [-0.05, 0) is 24.6 Å². The van der Waals surface area contributed by atoms with Gasteiger partial charge in [0, 0.05) is 10.6 Å². The Morgan fingerprint density at radius 2 is 1.88 bits per heavy atom. The number of halogens is 2. The van der Waals surface area contributed by atoms with Crippen LogP contribution in [0.3, 0.4) is 0 Å². The van der Waals surface area contributed by atoms with Crippen LogP contribution in [0.15, 0.2) is 46.0 Å². The van der Waals surface area contributed by atoms with E-state index < -0.39 is 11.2 Å². The molecule has 122 valence electrons. The smallest absolute Gasteiger partial charge is 0.292 e. The SMILES string of the molecule is Cc1ccccc1C(=O)Cn1c(=O)[nH]c(=O)c2c(Cl)cc(Cl)cc21. The maximum Gasteiger partial charge on any atom is 0.329 e. The second-order valence-corrected chi connectivity index (χ2v) is 6.21. The van der Waals surface area contributed by atoms with Gasteiger partial charge in [0.15, 0.2) is 5.78 Å². The Labute approximate surface area is 146 Å². The van der Waals surface area contributed by atoms with E-state index in [0.29, 0.717) is 5.56 Å². The van der Waals surface area contributed by atoms with E-state index in [1.54, 1.807) is 12.1 Å². The molecule has 0 aliphatic heterocycles. The molecule has 7 heteroatoms. The monoisotopic (exact) mass is 362 g/mol. The van der Waals surface area contributed by atoms with Gasteiger partial charge in [0.1, 0.15) is 0 Å². The van der Waals surface area contributed by atoms with E-state index >= 15 is 0 Å². The molecular weight excluding hydrogens is 351 g/mol. The van der Waals surface area contributed by atoms with Crippen molar-refractivity contribution in [1.82, 2.24) is 9.55 Å². The Morgan fingerprint density at radius 3 is 2.58 bits per heavy atom. The molecule has 1 heterocycles. The predicted octanol–water partition coefficient (Wildman–Crippen LogP) is 3.19. The second-order valence-electron chi connectivity index (χ2n) is 5.37. The van der Waals surface area contributed by atoms with Crippen molar-refractivity contribution in [3.05, 3.63) is 78.4 Å². The maximum absolute atomic E-state index is 12.6. The number of ketones is 1. The molecule has 0 unspecified atom stereocenters. The molecule has 1 aromatic heterocycles. The van der Waals surface area contributed by atoms with Crippen molar-refractivity contribution in [1.29, 1.82) is 0 Å². The zero-order valence-electron chi connectivity index (χ0n) is 12.6. The van der Waals surface area contributed by atoms with E-state index in [2.05, 4.69) is 4.98 Å². The van der Waals surface area contributed by atoms with Crippen molar-refractivity contribution in [2.24, 2.45) is 0 Å². The topological polar surface area (TPSA) is 71.9 Å². The van der Waals surface area contributed by atoms with Crippen molar-refractivity contribution >= 4 is 39.9 Å². The number of rotatable bonds is 3. The number of carbonyl (C=O) groups excluding carboxylic acids is 1. The van der Waals surface area contributed by atoms with Gasteiger partial charge in [-0.3, -0.25) is 19.1 Å². The van der Waals surface area contributed by atoms with Crippen molar-refractivity contribution < 1.29 is 4.79 Å². The first-order valence-electron chi connectivity index (χ1n) is 7.09. The quantitative estimate of drug-likeness (QED) is 0.727. The summed E-state index contributed by atoms with van der Waals surface area (Å²) in [5.41, 5.74) is 0.240. The summed E-state index contributed by atoms with van der Waals surface area (Å²) in [6.07, 6.45) is 0. The molecule has 0 spiro atoms. The fourth-order valence-electron chi connectivity index (χ4n) is 2.61. The summed E-state index contributed by atoms with van der Waals surface area (Å²) in [5.74, 6) is -0.250. The zero-order chi connectivity index (χ0) is 17.4. The largest absolute Gasteiger partial charge is 0.329 e. The van der Waals surface area contributed by atoms with Crippen LogP contribution in [0.4, 0.5) is 0 Å². The van der Waals surface area contributed by atoms with Gasteiger partial charge < -0.3 is 0 Å². The molecule has 0 saturated carbocycles. The molecule has 0 aliphatic carbocycles. The van der Waals surface area contributed by atoms with Gasteiger partial charge in [0.25, 0.3) is 5.56 Å². The standard InChI is InChI=1S/C17H12Cl2N2O3/c1-9-4-2-3-5-11(9)14(22)8-21-13-7-10(18)6-12(19)15(13)16(23)20-17(21)24/h2-7H,8H2,1H3,(H,20,23,24). The number of nitrogens with one attached hydrogen (secondary N) is 1. The van der Waals surface area contributed by atoms with E-state index in [0.717, 1.165) is 5.56 Å². The molecule has 0 bridgehead atoms. The summed E-state index contributed by atoms with van der Waals surface area (Å²) in [6.45, 7) is 1.59. The first-order valence-corrected chi connectivity index (χ1v) is 7.85. The maximum atomic E-state index is 12.6. The van der Waals surface area contributed by atoms with Crippen LogP contribution >= 0.6 is 23.2 Å². The number of fused-ring (bicyclic) bond motifs is 1. The molecule has 0 atom stereocenters. The van der Waals surface area contributed by atoms with Crippen molar-refractivity contribution in [2.75, 3.05) is 0 Å². The van der Waals surface area contributed by atoms with Crippen molar-refractivity contribution in [3.63, 3.8) is 0 Å². The third-order valence-electron chi connectivity index (χ3n) is 3.76. The number of aromatic nitrogens is 2. The van der Waals surface area contributed by atoms with Crippen molar-refractivity contribution in [2.45, 2.75) is 13.5 Å². The van der Waals surface area contributed by atoms with Crippen LogP contribution in [0.2, 0.25) is 10.0 Å². The third kappa shape index (κ3) is 2.88. The summed E-state index contributed by atoms with van der Waals surface area (Å²) < 4.78 is 1.17. The highest BCUT2D eigenvalue weighted by Crippen LogP contribution is 2.24. The van der Waals surface area contributed by atoms with Crippen LogP contribution in [-0.2, 0) is 6.54 Å². The minimum atomic E-state index is -0.687.